The Morgan fingerprint density at radius 3 is 2.75 bits per heavy atom. The summed E-state index contributed by atoms with van der Waals surface area (Å²) in [6.07, 6.45) is 2.48. The monoisotopic (exact) mass is 272 g/mol. The van der Waals surface area contributed by atoms with Crippen LogP contribution in [0.3, 0.4) is 0 Å². The van der Waals surface area contributed by atoms with Crippen LogP contribution in [0.1, 0.15) is 18.9 Å². The fourth-order valence-corrected chi connectivity index (χ4v) is 2.99. The summed E-state index contributed by atoms with van der Waals surface area (Å²) in [5.41, 5.74) is 0.857. The molecule has 1 aliphatic rings. The van der Waals surface area contributed by atoms with Gasteiger partial charge in [-0.3, -0.25) is 0 Å². The molecule has 0 radical (unpaired) electrons. The number of aromatic nitrogens is 1. The summed E-state index contributed by atoms with van der Waals surface area (Å²) in [4.78, 5) is 6.77. The Balaban J connectivity index is 2.01. The molecule has 2 atom stereocenters. The molecule has 0 spiro atoms. The molecule has 20 heavy (non-hydrogen) atoms. The van der Waals surface area contributed by atoms with Crippen LogP contribution in [0.2, 0.25) is 0 Å². The van der Waals surface area contributed by atoms with Crippen molar-refractivity contribution in [3.8, 4) is 0 Å². The highest BCUT2D eigenvalue weighted by Crippen LogP contribution is 2.31. The Hall–Kier alpha value is -1.65. The topological polar surface area (TPSA) is 56.6 Å². The van der Waals surface area contributed by atoms with Gasteiger partial charge in [0.1, 0.15) is 5.82 Å². The van der Waals surface area contributed by atoms with E-state index in [0.717, 1.165) is 41.7 Å². The van der Waals surface area contributed by atoms with E-state index in [-0.39, 0.29) is 12.7 Å². The Morgan fingerprint density at radius 2 is 2.10 bits per heavy atom. The molecule has 1 saturated heterocycles. The minimum absolute atomic E-state index is 0.00406. The molecule has 1 aromatic carbocycles. The van der Waals surface area contributed by atoms with E-state index in [1.807, 2.05) is 31.2 Å². The van der Waals surface area contributed by atoms with Crippen molar-refractivity contribution >= 4 is 16.6 Å². The van der Waals surface area contributed by atoms with E-state index < -0.39 is 0 Å². The second kappa shape index (κ2) is 5.38. The second-order valence-electron chi connectivity index (χ2n) is 5.55. The van der Waals surface area contributed by atoms with Crippen LogP contribution in [-0.2, 0) is 6.61 Å². The van der Waals surface area contributed by atoms with Crippen molar-refractivity contribution in [1.29, 1.82) is 0 Å². The fourth-order valence-electron chi connectivity index (χ4n) is 2.99. The van der Waals surface area contributed by atoms with Crippen molar-refractivity contribution < 1.29 is 10.2 Å². The molecule has 3 rings (SSSR count). The first kappa shape index (κ1) is 13.3. The van der Waals surface area contributed by atoms with Crippen LogP contribution in [0.25, 0.3) is 10.8 Å². The third-order valence-corrected chi connectivity index (χ3v) is 4.23. The minimum atomic E-state index is -0.275. The van der Waals surface area contributed by atoms with Crippen LogP contribution >= 0.6 is 0 Å². The Labute approximate surface area is 118 Å². The first-order chi connectivity index (χ1) is 9.70. The largest absolute Gasteiger partial charge is 0.393 e. The Kier molecular flexibility index (Phi) is 3.59. The number of aliphatic hydroxyl groups is 2. The summed E-state index contributed by atoms with van der Waals surface area (Å²) in [6, 6.07) is 8.05. The van der Waals surface area contributed by atoms with Crippen LogP contribution < -0.4 is 4.90 Å². The normalized spacial score (nSPS) is 20.6. The minimum Gasteiger partial charge on any atom is -0.393 e. The van der Waals surface area contributed by atoms with Gasteiger partial charge >= 0.3 is 0 Å². The molecule has 1 aliphatic heterocycles. The highest BCUT2D eigenvalue weighted by molar-refractivity contribution is 5.94. The lowest BCUT2D eigenvalue weighted by Crippen LogP contribution is -2.24. The van der Waals surface area contributed by atoms with Gasteiger partial charge in [0.05, 0.1) is 12.7 Å². The van der Waals surface area contributed by atoms with E-state index in [0.29, 0.717) is 5.92 Å². The van der Waals surface area contributed by atoms with Gasteiger partial charge < -0.3 is 15.1 Å². The van der Waals surface area contributed by atoms with Gasteiger partial charge in [0.25, 0.3) is 0 Å². The zero-order valence-corrected chi connectivity index (χ0v) is 11.7. The molecule has 1 fully saturated rings. The number of pyridine rings is 1. The molecule has 4 heteroatoms. The van der Waals surface area contributed by atoms with Gasteiger partial charge in [0.15, 0.2) is 0 Å². The second-order valence-corrected chi connectivity index (χ2v) is 5.55. The summed E-state index contributed by atoms with van der Waals surface area (Å²) in [5, 5.41) is 21.3. The number of hydrogen-bond donors (Lipinski definition) is 2. The number of fused-ring (bicyclic) bond motifs is 1. The van der Waals surface area contributed by atoms with E-state index >= 15 is 0 Å². The molecule has 106 valence electrons. The van der Waals surface area contributed by atoms with E-state index in [4.69, 9.17) is 0 Å². The molecule has 4 nitrogen and oxygen atoms in total. The van der Waals surface area contributed by atoms with E-state index in [1.54, 1.807) is 6.20 Å². The number of anilines is 1. The van der Waals surface area contributed by atoms with Crippen molar-refractivity contribution in [2.75, 3.05) is 18.0 Å². The van der Waals surface area contributed by atoms with Crippen molar-refractivity contribution in [3.63, 3.8) is 0 Å². The number of aliphatic hydroxyl groups excluding tert-OH is 2. The summed E-state index contributed by atoms with van der Waals surface area (Å²) in [5.74, 6) is 1.27. The van der Waals surface area contributed by atoms with E-state index in [2.05, 4.69) is 9.88 Å². The standard InChI is InChI=1S/C16H20N2O2/c1-11(20)12-6-7-18(9-12)16-15-5-3-2-4-14(15)13(10-19)8-17-16/h2-5,8,11-12,19-20H,6-7,9-10H2,1H3. The van der Waals surface area contributed by atoms with E-state index in [9.17, 15) is 10.2 Å². The lowest BCUT2D eigenvalue weighted by molar-refractivity contribution is 0.136. The molecule has 0 saturated carbocycles. The maximum atomic E-state index is 9.73. The highest BCUT2D eigenvalue weighted by atomic mass is 16.3. The molecular weight excluding hydrogens is 252 g/mol. The summed E-state index contributed by atoms with van der Waals surface area (Å²) < 4.78 is 0. The molecule has 2 aromatic rings. The molecule has 2 unspecified atom stereocenters. The first-order valence-corrected chi connectivity index (χ1v) is 7.11. The molecule has 2 N–H and O–H groups in total. The van der Waals surface area contributed by atoms with Crippen LogP contribution in [0.5, 0.6) is 0 Å². The predicted molar refractivity (Wildman–Crippen MR) is 79.7 cm³/mol. The molecule has 0 bridgehead atoms. The molecule has 0 aliphatic carbocycles. The number of rotatable bonds is 3. The fraction of sp³-hybridized carbons (Fsp3) is 0.438. The molecular formula is C16H20N2O2. The maximum Gasteiger partial charge on any atom is 0.136 e. The first-order valence-electron chi connectivity index (χ1n) is 7.11. The molecule has 1 aromatic heterocycles. The van der Waals surface area contributed by atoms with Gasteiger partial charge in [-0.15, -0.1) is 0 Å². The summed E-state index contributed by atoms with van der Waals surface area (Å²) >= 11 is 0. The van der Waals surface area contributed by atoms with Crippen LogP contribution in [0.15, 0.2) is 30.5 Å². The van der Waals surface area contributed by atoms with Gasteiger partial charge in [0, 0.05) is 36.2 Å². The smallest absolute Gasteiger partial charge is 0.136 e. The molecule has 0 amide bonds. The highest BCUT2D eigenvalue weighted by Gasteiger charge is 2.27. The molecule has 2 heterocycles. The van der Waals surface area contributed by atoms with Gasteiger partial charge in [-0.1, -0.05) is 24.3 Å². The van der Waals surface area contributed by atoms with Gasteiger partial charge in [-0.2, -0.15) is 0 Å². The zero-order valence-electron chi connectivity index (χ0n) is 11.7. The lowest BCUT2D eigenvalue weighted by atomic mass is 10.0. The van der Waals surface area contributed by atoms with E-state index in [1.165, 1.54) is 0 Å². The number of nitrogens with zero attached hydrogens (tertiary/aromatic N) is 2. The van der Waals surface area contributed by atoms with Gasteiger partial charge in [0.2, 0.25) is 0 Å². The summed E-state index contributed by atoms with van der Waals surface area (Å²) in [6.45, 7) is 3.62. The van der Waals surface area contributed by atoms with Crippen LogP contribution in [-0.4, -0.2) is 34.4 Å². The van der Waals surface area contributed by atoms with Gasteiger partial charge in [-0.25, -0.2) is 4.98 Å². The van der Waals surface area contributed by atoms with Crippen molar-refractivity contribution in [3.05, 3.63) is 36.0 Å². The Bertz CT molecular complexity index is 612. The number of benzene rings is 1. The van der Waals surface area contributed by atoms with Crippen LogP contribution in [0, 0.1) is 5.92 Å². The zero-order chi connectivity index (χ0) is 14.1. The lowest BCUT2D eigenvalue weighted by Gasteiger charge is -2.21. The average Bonchev–Trinajstić information content (AvgIpc) is 2.96. The van der Waals surface area contributed by atoms with Crippen molar-refractivity contribution in [2.24, 2.45) is 5.92 Å². The maximum absolute atomic E-state index is 9.73. The number of hydrogen-bond acceptors (Lipinski definition) is 4. The van der Waals surface area contributed by atoms with Crippen molar-refractivity contribution in [2.45, 2.75) is 26.1 Å². The summed E-state index contributed by atoms with van der Waals surface area (Å²) in [7, 11) is 0. The van der Waals surface area contributed by atoms with Crippen LogP contribution in [0.4, 0.5) is 5.82 Å². The average molecular weight is 272 g/mol. The predicted octanol–water partition coefficient (Wildman–Crippen LogP) is 1.93. The third kappa shape index (κ3) is 2.25. The van der Waals surface area contributed by atoms with Crippen molar-refractivity contribution in [1.82, 2.24) is 4.98 Å². The third-order valence-electron chi connectivity index (χ3n) is 4.23. The quantitative estimate of drug-likeness (QED) is 0.896. The SMILES string of the molecule is CC(O)C1CCN(c2ncc(CO)c3ccccc23)C1. The van der Waals surface area contributed by atoms with Gasteiger partial charge in [-0.05, 0) is 18.7 Å². The Morgan fingerprint density at radius 1 is 1.35 bits per heavy atom.